The molecule has 282 valence electrons. The van der Waals surface area contributed by atoms with Crippen LogP contribution in [0.1, 0.15) is 77.6 Å². The van der Waals surface area contributed by atoms with Gasteiger partial charge in [-0.05, 0) is 81.2 Å². The SMILES string of the molecule is CC(C)(C)c1cc(N2C=CN(c3[c-]c(Oc4[c-]c5c(cc4)c4ccccc4n5-c4cc(C(C)(C)c5ccccc5)ccn4)ccc3)[CH-]2)cc(C(C)(C)C)c1.[Pt]. The number of hydrogen-bond donors (Lipinski definition) is 0. The molecule has 5 nitrogen and oxygen atoms in total. The minimum absolute atomic E-state index is 0. The van der Waals surface area contributed by atoms with Gasteiger partial charge >= 0.3 is 0 Å². The number of ether oxygens (including phenoxy) is 1. The molecule has 0 saturated heterocycles. The van der Waals surface area contributed by atoms with E-state index in [1.165, 1.54) is 22.3 Å². The molecule has 0 N–H and O–H groups in total. The average molecular weight is 903 g/mol. The van der Waals surface area contributed by atoms with E-state index in [1.54, 1.807) is 0 Å². The summed E-state index contributed by atoms with van der Waals surface area (Å²) in [5, 5.41) is 2.23. The van der Waals surface area contributed by atoms with Gasteiger partial charge in [-0.3, -0.25) is 0 Å². The molecule has 0 fully saturated rings. The van der Waals surface area contributed by atoms with Gasteiger partial charge in [-0.25, -0.2) is 4.98 Å². The van der Waals surface area contributed by atoms with Gasteiger partial charge in [0, 0.05) is 55.4 Å². The molecule has 0 unspecified atom stereocenters. The van der Waals surface area contributed by atoms with E-state index >= 15 is 0 Å². The van der Waals surface area contributed by atoms with Crippen molar-refractivity contribution >= 4 is 33.2 Å². The summed E-state index contributed by atoms with van der Waals surface area (Å²) in [5.74, 6) is 2.06. The zero-order chi connectivity index (χ0) is 37.8. The standard InChI is InChI=1S/C49H47N4O.Pt/c1-47(2,3)36-27-37(48(4,5)6)29-39(28-36)52-26-25-51(33-52)38-17-14-18-40(31-38)54-41-21-22-43-42-19-12-13-20-44(42)53(45(43)32-41)46-30-35(23-24-50-46)49(7,8)34-15-10-9-11-16-34;/h9-30,33H,1-8H3;/q-3;. The molecular formula is C49H47N4OPt-3. The molecule has 0 bridgehead atoms. The largest absolute Gasteiger partial charge is 0.509 e. The summed E-state index contributed by atoms with van der Waals surface area (Å²) >= 11 is 0. The second-order valence-electron chi connectivity index (χ2n) is 16.8. The number of aromatic nitrogens is 2. The molecule has 0 radical (unpaired) electrons. The molecule has 8 rings (SSSR count). The number of anilines is 2. The van der Waals surface area contributed by atoms with Gasteiger partial charge in [-0.2, -0.15) is 12.1 Å². The van der Waals surface area contributed by atoms with Gasteiger partial charge in [0.15, 0.2) is 0 Å². The van der Waals surface area contributed by atoms with Crippen molar-refractivity contribution in [3.63, 3.8) is 0 Å². The normalized spacial score (nSPS) is 13.5. The maximum atomic E-state index is 6.50. The summed E-state index contributed by atoms with van der Waals surface area (Å²) in [6, 6.07) is 47.5. The minimum Gasteiger partial charge on any atom is -0.509 e. The van der Waals surface area contributed by atoms with Gasteiger partial charge in [0.25, 0.3) is 0 Å². The Labute approximate surface area is 340 Å². The van der Waals surface area contributed by atoms with Crippen LogP contribution in [0.4, 0.5) is 11.4 Å². The first-order valence-corrected chi connectivity index (χ1v) is 18.7. The number of hydrogen-bond acceptors (Lipinski definition) is 4. The Bertz CT molecular complexity index is 2490. The third kappa shape index (κ3) is 7.47. The number of nitrogens with zero attached hydrogens (tertiary/aromatic N) is 4. The van der Waals surface area contributed by atoms with E-state index in [-0.39, 0.29) is 37.3 Å². The van der Waals surface area contributed by atoms with Gasteiger partial charge in [0.1, 0.15) is 5.82 Å². The van der Waals surface area contributed by atoms with E-state index in [4.69, 9.17) is 9.72 Å². The van der Waals surface area contributed by atoms with Gasteiger partial charge in [0.2, 0.25) is 0 Å². The molecule has 0 saturated carbocycles. The van der Waals surface area contributed by atoms with Crippen molar-refractivity contribution in [2.24, 2.45) is 0 Å². The van der Waals surface area contributed by atoms with Crippen LogP contribution < -0.4 is 14.5 Å². The van der Waals surface area contributed by atoms with Crippen LogP contribution in [0.5, 0.6) is 11.5 Å². The van der Waals surface area contributed by atoms with Crippen LogP contribution in [0, 0.1) is 18.8 Å². The number of rotatable bonds is 7. The summed E-state index contributed by atoms with van der Waals surface area (Å²) in [6.07, 6.45) is 6.07. The second-order valence-corrected chi connectivity index (χ2v) is 16.8. The van der Waals surface area contributed by atoms with Crippen LogP contribution in [-0.2, 0) is 37.3 Å². The summed E-state index contributed by atoms with van der Waals surface area (Å²) in [5.41, 5.74) is 8.94. The van der Waals surface area contributed by atoms with Crippen molar-refractivity contribution in [3.8, 4) is 17.3 Å². The van der Waals surface area contributed by atoms with E-state index in [0.717, 1.165) is 39.0 Å². The molecule has 0 spiro atoms. The first kappa shape index (κ1) is 38.2. The Morgan fingerprint density at radius 3 is 1.98 bits per heavy atom. The van der Waals surface area contributed by atoms with E-state index in [9.17, 15) is 0 Å². The van der Waals surface area contributed by atoms with E-state index in [1.807, 2.05) is 30.5 Å². The van der Waals surface area contributed by atoms with Gasteiger partial charge in [-0.15, -0.1) is 48.1 Å². The fraction of sp³-hybridized carbons (Fsp3) is 0.224. The number of para-hydroxylation sites is 1. The molecule has 3 heterocycles. The van der Waals surface area contributed by atoms with Crippen LogP contribution in [0.3, 0.4) is 0 Å². The molecule has 1 aliphatic heterocycles. The van der Waals surface area contributed by atoms with Crippen LogP contribution in [-0.4, -0.2) is 9.55 Å². The molecule has 5 aromatic carbocycles. The van der Waals surface area contributed by atoms with Gasteiger partial charge in [-0.1, -0.05) is 116 Å². The summed E-state index contributed by atoms with van der Waals surface area (Å²) < 4.78 is 8.70. The number of pyridine rings is 1. The maximum Gasteiger partial charge on any atom is 0.135 e. The fourth-order valence-electron chi connectivity index (χ4n) is 7.16. The predicted molar refractivity (Wildman–Crippen MR) is 224 cm³/mol. The molecule has 1 aliphatic rings. The van der Waals surface area contributed by atoms with E-state index in [0.29, 0.717) is 11.5 Å². The van der Waals surface area contributed by atoms with E-state index < -0.39 is 0 Å². The number of fused-ring (bicyclic) bond motifs is 3. The van der Waals surface area contributed by atoms with Crippen molar-refractivity contribution in [2.45, 2.75) is 71.6 Å². The Morgan fingerprint density at radius 2 is 1.25 bits per heavy atom. The van der Waals surface area contributed by atoms with Crippen molar-refractivity contribution in [1.82, 2.24) is 9.55 Å². The first-order chi connectivity index (χ1) is 25.8. The second kappa shape index (κ2) is 14.5. The molecular weight excluding hydrogens is 856 g/mol. The van der Waals surface area contributed by atoms with Crippen LogP contribution in [0.2, 0.25) is 0 Å². The summed E-state index contributed by atoms with van der Waals surface area (Å²) in [6.45, 7) is 20.2. The van der Waals surface area contributed by atoms with Crippen molar-refractivity contribution in [2.75, 3.05) is 9.80 Å². The molecule has 6 heteroatoms. The third-order valence-corrected chi connectivity index (χ3v) is 10.6. The average Bonchev–Trinajstić information content (AvgIpc) is 3.78. The first-order valence-electron chi connectivity index (χ1n) is 18.7. The van der Waals surface area contributed by atoms with Crippen LogP contribution >= 0.6 is 0 Å². The van der Waals surface area contributed by atoms with Crippen LogP contribution in [0.25, 0.3) is 27.6 Å². The zero-order valence-corrected chi connectivity index (χ0v) is 35.1. The maximum absolute atomic E-state index is 6.50. The zero-order valence-electron chi connectivity index (χ0n) is 32.8. The Hall–Kier alpha value is -5.12. The van der Waals surface area contributed by atoms with Crippen LogP contribution in [0.15, 0.2) is 134 Å². The Balaban J connectivity index is 0.00000465. The summed E-state index contributed by atoms with van der Waals surface area (Å²) in [4.78, 5) is 9.15. The molecule has 7 aromatic rings. The summed E-state index contributed by atoms with van der Waals surface area (Å²) in [7, 11) is 0. The van der Waals surface area contributed by atoms with Crippen molar-refractivity contribution in [1.29, 1.82) is 0 Å². The molecule has 55 heavy (non-hydrogen) atoms. The van der Waals surface area contributed by atoms with Crippen molar-refractivity contribution in [3.05, 3.63) is 175 Å². The Kier molecular flexibility index (Phi) is 10.1. The Morgan fingerprint density at radius 1 is 0.582 bits per heavy atom. The van der Waals surface area contributed by atoms with Gasteiger partial charge < -0.3 is 19.1 Å². The fourth-order valence-corrected chi connectivity index (χ4v) is 7.16. The molecule has 0 aliphatic carbocycles. The van der Waals surface area contributed by atoms with E-state index in [2.05, 4.69) is 192 Å². The molecule has 2 aromatic heterocycles. The predicted octanol–water partition coefficient (Wildman–Crippen LogP) is 12.4. The topological polar surface area (TPSA) is 33.5 Å². The minimum atomic E-state index is -0.207. The monoisotopic (exact) mass is 902 g/mol. The molecule has 0 amide bonds. The molecule has 0 atom stereocenters. The third-order valence-electron chi connectivity index (χ3n) is 10.6. The quantitative estimate of drug-likeness (QED) is 0.149. The van der Waals surface area contributed by atoms with Gasteiger partial charge in [0.05, 0.1) is 0 Å². The number of benzene rings is 5. The van der Waals surface area contributed by atoms with Crippen molar-refractivity contribution < 1.29 is 25.8 Å². The smallest absolute Gasteiger partial charge is 0.135 e.